The van der Waals surface area contributed by atoms with Crippen molar-refractivity contribution in [3.63, 3.8) is 0 Å². The lowest BCUT2D eigenvalue weighted by Crippen LogP contribution is -2.01. The van der Waals surface area contributed by atoms with Crippen LogP contribution in [0.15, 0.2) is 18.5 Å². The van der Waals surface area contributed by atoms with Gasteiger partial charge in [-0.3, -0.25) is 4.68 Å². The minimum absolute atomic E-state index is 0.809. The van der Waals surface area contributed by atoms with Gasteiger partial charge in [0.05, 0.1) is 11.9 Å². The van der Waals surface area contributed by atoms with Gasteiger partial charge in [0.25, 0.3) is 0 Å². The molecule has 2 saturated carbocycles. The van der Waals surface area contributed by atoms with Crippen LogP contribution in [-0.2, 0) is 13.5 Å². The zero-order chi connectivity index (χ0) is 18.9. The Labute approximate surface area is 159 Å². The molecular formula is C22H36N4. The lowest BCUT2D eigenvalue weighted by Gasteiger charge is -2.15. The molecule has 0 bridgehead atoms. The summed E-state index contributed by atoms with van der Waals surface area (Å²) in [6.45, 7) is 8.28. The molecular weight excluding hydrogens is 320 g/mol. The molecule has 2 aromatic rings. The molecule has 0 unspecified atom stereocenters. The number of aryl methyl sites for hydroxylation is 2. The van der Waals surface area contributed by atoms with E-state index in [2.05, 4.69) is 22.0 Å². The number of aromatic nitrogens is 4. The highest BCUT2D eigenvalue weighted by Gasteiger charge is 2.25. The van der Waals surface area contributed by atoms with Gasteiger partial charge < -0.3 is 0 Å². The number of hydrogen-bond donors (Lipinski definition) is 0. The van der Waals surface area contributed by atoms with E-state index in [-0.39, 0.29) is 0 Å². The highest BCUT2D eigenvalue weighted by molar-refractivity contribution is 5.61. The van der Waals surface area contributed by atoms with Crippen LogP contribution in [0.4, 0.5) is 0 Å². The van der Waals surface area contributed by atoms with E-state index in [0.717, 1.165) is 35.3 Å². The Hall–Kier alpha value is -1.71. The average molecular weight is 357 g/mol. The minimum atomic E-state index is 0.809. The van der Waals surface area contributed by atoms with E-state index in [9.17, 15) is 0 Å². The first-order valence-corrected chi connectivity index (χ1v) is 10.4. The van der Waals surface area contributed by atoms with Crippen molar-refractivity contribution in [2.45, 2.75) is 79.1 Å². The Balaban J connectivity index is 0.000000227. The molecule has 144 valence electrons. The second kappa shape index (κ2) is 10.4. The molecule has 0 aliphatic heterocycles. The molecule has 2 aliphatic carbocycles. The molecule has 2 fully saturated rings. The highest BCUT2D eigenvalue weighted by atomic mass is 15.3. The molecule has 0 spiro atoms. The van der Waals surface area contributed by atoms with Crippen LogP contribution >= 0.6 is 0 Å². The molecule has 0 amide bonds. The van der Waals surface area contributed by atoms with Crippen molar-refractivity contribution >= 4 is 0 Å². The van der Waals surface area contributed by atoms with E-state index in [1.165, 1.54) is 50.6 Å². The summed E-state index contributed by atoms with van der Waals surface area (Å²) < 4.78 is 1.98. The molecule has 0 aromatic carbocycles. The summed E-state index contributed by atoms with van der Waals surface area (Å²) in [5.41, 5.74) is 3.44. The van der Waals surface area contributed by atoms with Gasteiger partial charge in [-0.15, -0.1) is 0 Å². The van der Waals surface area contributed by atoms with Crippen LogP contribution in [0.2, 0.25) is 0 Å². The quantitative estimate of drug-likeness (QED) is 0.703. The van der Waals surface area contributed by atoms with Crippen LogP contribution in [0.1, 0.15) is 77.2 Å². The van der Waals surface area contributed by atoms with Crippen LogP contribution in [0.3, 0.4) is 0 Å². The van der Waals surface area contributed by atoms with Gasteiger partial charge in [-0.2, -0.15) is 5.10 Å². The van der Waals surface area contributed by atoms with Gasteiger partial charge in [-0.25, -0.2) is 9.97 Å². The third-order valence-electron chi connectivity index (χ3n) is 5.19. The third kappa shape index (κ3) is 6.22. The molecule has 0 N–H and O–H groups in total. The van der Waals surface area contributed by atoms with Gasteiger partial charge >= 0.3 is 0 Å². The zero-order valence-electron chi connectivity index (χ0n) is 17.3. The molecule has 0 saturated heterocycles. The second-order valence-electron chi connectivity index (χ2n) is 7.51. The largest absolute Gasteiger partial charge is 0.272 e. The SMILES string of the molecule is CC.CC1CCCCC1.Cc1nccc(-c2cnn(C)c2CC2CC2)n1. The summed E-state index contributed by atoms with van der Waals surface area (Å²) in [4.78, 5) is 8.62. The van der Waals surface area contributed by atoms with Gasteiger partial charge in [0, 0.05) is 24.5 Å². The third-order valence-corrected chi connectivity index (χ3v) is 5.19. The predicted octanol–water partition coefficient (Wildman–Crippen LogP) is 5.75. The number of hydrogen-bond acceptors (Lipinski definition) is 3. The fraction of sp³-hybridized carbons (Fsp3) is 0.682. The van der Waals surface area contributed by atoms with Crippen LogP contribution in [-0.4, -0.2) is 19.7 Å². The van der Waals surface area contributed by atoms with Crippen molar-refractivity contribution in [2.24, 2.45) is 18.9 Å². The number of nitrogens with zero attached hydrogens (tertiary/aromatic N) is 4. The molecule has 4 heteroatoms. The summed E-state index contributed by atoms with van der Waals surface area (Å²) in [7, 11) is 2.01. The zero-order valence-corrected chi connectivity index (χ0v) is 17.3. The average Bonchev–Trinajstić information content (AvgIpc) is 3.41. The summed E-state index contributed by atoms with van der Waals surface area (Å²) in [6, 6.07) is 1.96. The Morgan fingerprint density at radius 2 is 1.77 bits per heavy atom. The van der Waals surface area contributed by atoms with Gasteiger partial charge in [-0.05, 0) is 44.1 Å². The van der Waals surface area contributed by atoms with Crippen LogP contribution < -0.4 is 0 Å². The summed E-state index contributed by atoms with van der Waals surface area (Å²) in [6.07, 6.45) is 15.0. The van der Waals surface area contributed by atoms with Crippen molar-refractivity contribution < 1.29 is 0 Å². The fourth-order valence-electron chi connectivity index (χ4n) is 3.43. The highest BCUT2D eigenvalue weighted by Crippen LogP contribution is 2.35. The summed E-state index contributed by atoms with van der Waals surface area (Å²) >= 11 is 0. The standard InChI is InChI=1S/C13H16N4.C7H14.C2H6/c1-9-14-6-5-12(16-9)11-8-15-17(2)13(11)7-10-3-4-10;1-7-5-3-2-4-6-7;1-2/h5-6,8,10H,3-4,7H2,1-2H3;7H,2-6H2,1H3;1-2H3. The molecule has 0 radical (unpaired) electrons. The van der Waals surface area contributed by atoms with Crippen molar-refractivity contribution in [3.05, 3.63) is 30.0 Å². The van der Waals surface area contributed by atoms with Crippen LogP contribution in [0, 0.1) is 18.8 Å². The lowest BCUT2D eigenvalue weighted by molar-refractivity contribution is 0.385. The smallest absolute Gasteiger partial charge is 0.125 e. The molecule has 4 rings (SSSR count). The van der Waals surface area contributed by atoms with E-state index in [0.29, 0.717) is 0 Å². The summed E-state index contributed by atoms with van der Waals surface area (Å²) in [5, 5.41) is 4.36. The molecule has 26 heavy (non-hydrogen) atoms. The first-order valence-electron chi connectivity index (χ1n) is 10.4. The van der Waals surface area contributed by atoms with Crippen molar-refractivity contribution in [2.75, 3.05) is 0 Å². The van der Waals surface area contributed by atoms with Crippen molar-refractivity contribution in [3.8, 4) is 11.3 Å². The maximum absolute atomic E-state index is 4.48. The second-order valence-corrected chi connectivity index (χ2v) is 7.51. The van der Waals surface area contributed by atoms with E-state index < -0.39 is 0 Å². The Morgan fingerprint density at radius 3 is 2.31 bits per heavy atom. The monoisotopic (exact) mass is 356 g/mol. The van der Waals surface area contributed by atoms with Crippen LogP contribution in [0.5, 0.6) is 0 Å². The minimum Gasteiger partial charge on any atom is -0.272 e. The van der Waals surface area contributed by atoms with E-state index in [1.54, 1.807) is 0 Å². The molecule has 2 heterocycles. The lowest BCUT2D eigenvalue weighted by atomic mass is 9.91. The molecule has 4 nitrogen and oxygen atoms in total. The molecule has 0 atom stereocenters. The maximum atomic E-state index is 4.48. The van der Waals surface area contributed by atoms with Gasteiger partial charge in [-0.1, -0.05) is 52.9 Å². The Morgan fingerprint density at radius 1 is 1.08 bits per heavy atom. The van der Waals surface area contributed by atoms with Gasteiger partial charge in [0.2, 0.25) is 0 Å². The normalized spacial score (nSPS) is 17.0. The molecule has 2 aromatic heterocycles. The van der Waals surface area contributed by atoms with E-state index in [4.69, 9.17) is 0 Å². The predicted molar refractivity (Wildman–Crippen MR) is 109 cm³/mol. The fourth-order valence-corrected chi connectivity index (χ4v) is 3.43. The van der Waals surface area contributed by atoms with Gasteiger partial charge in [0.1, 0.15) is 5.82 Å². The Bertz CT molecular complexity index is 652. The Kier molecular flexibility index (Phi) is 8.27. The van der Waals surface area contributed by atoms with Gasteiger partial charge in [0.15, 0.2) is 0 Å². The van der Waals surface area contributed by atoms with E-state index >= 15 is 0 Å². The summed E-state index contributed by atoms with van der Waals surface area (Å²) in [5.74, 6) is 2.70. The number of rotatable bonds is 3. The van der Waals surface area contributed by atoms with E-state index in [1.807, 2.05) is 51.0 Å². The first-order chi connectivity index (χ1) is 12.6. The maximum Gasteiger partial charge on any atom is 0.125 e. The first kappa shape index (κ1) is 20.6. The molecule has 2 aliphatic rings. The van der Waals surface area contributed by atoms with Crippen molar-refractivity contribution in [1.82, 2.24) is 19.7 Å². The van der Waals surface area contributed by atoms with Crippen molar-refractivity contribution in [1.29, 1.82) is 0 Å². The van der Waals surface area contributed by atoms with Crippen LogP contribution in [0.25, 0.3) is 11.3 Å². The topological polar surface area (TPSA) is 43.6 Å².